The number of aromatic nitrogens is 1. The number of halogens is 4. The lowest BCUT2D eigenvalue weighted by molar-refractivity contribution is -0.138. The van der Waals surface area contributed by atoms with E-state index >= 15 is 0 Å². The number of nitrogens with one attached hydrogen (secondary N) is 1. The van der Waals surface area contributed by atoms with Gasteiger partial charge in [0.1, 0.15) is 0 Å². The van der Waals surface area contributed by atoms with Crippen LogP contribution in [0.15, 0.2) is 36.5 Å². The largest absolute Gasteiger partial charge is 0.416 e. The van der Waals surface area contributed by atoms with Crippen LogP contribution in [-0.2, 0) is 12.6 Å². The molecule has 33 heavy (non-hydrogen) atoms. The first kappa shape index (κ1) is 23.6. The second-order valence-electron chi connectivity index (χ2n) is 8.89. The van der Waals surface area contributed by atoms with Gasteiger partial charge < -0.3 is 15.3 Å². The van der Waals surface area contributed by atoms with Crippen molar-refractivity contribution in [3.05, 3.63) is 63.9 Å². The third-order valence-electron chi connectivity index (χ3n) is 6.35. The van der Waals surface area contributed by atoms with E-state index in [0.29, 0.717) is 35.9 Å². The van der Waals surface area contributed by atoms with Gasteiger partial charge >= 0.3 is 12.2 Å². The number of pyridine rings is 1. The number of urea groups is 1. The molecule has 0 radical (unpaired) electrons. The molecular formula is C24H25ClF3N3O2. The van der Waals surface area contributed by atoms with Gasteiger partial charge in [0.2, 0.25) is 0 Å². The fourth-order valence-electron chi connectivity index (χ4n) is 4.14. The Morgan fingerprint density at radius 1 is 1.30 bits per heavy atom. The normalized spacial score (nSPS) is 17.5. The van der Waals surface area contributed by atoms with Crippen LogP contribution in [0.3, 0.4) is 0 Å². The van der Waals surface area contributed by atoms with Gasteiger partial charge in [-0.25, -0.2) is 4.79 Å². The number of amides is 2. The Bertz CT molecular complexity index is 1100. The lowest BCUT2D eigenvalue weighted by Gasteiger charge is -2.27. The minimum absolute atomic E-state index is 0.0178. The number of anilines is 1. The van der Waals surface area contributed by atoms with Gasteiger partial charge in [-0.2, -0.15) is 13.2 Å². The Balaban J connectivity index is 1.38. The van der Waals surface area contributed by atoms with E-state index in [-0.39, 0.29) is 23.6 Å². The average Bonchev–Trinajstić information content (AvgIpc) is 3.53. The highest BCUT2D eigenvalue weighted by Crippen LogP contribution is 2.48. The molecule has 5 nitrogen and oxygen atoms in total. The Labute approximate surface area is 195 Å². The summed E-state index contributed by atoms with van der Waals surface area (Å²) in [4.78, 5) is 18.7. The van der Waals surface area contributed by atoms with Gasteiger partial charge in [-0.15, -0.1) is 0 Å². The Morgan fingerprint density at radius 3 is 2.61 bits per heavy atom. The predicted octanol–water partition coefficient (Wildman–Crippen LogP) is 5.70. The lowest BCUT2D eigenvalue weighted by atomic mass is 9.97. The number of rotatable bonds is 5. The summed E-state index contributed by atoms with van der Waals surface area (Å²) >= 11 is 6.48. The van der Waals surface area contributed by atoms with Crippen molar-refractivity contribution in [2.75, 3.05) is 25.0 Å². The van der Waals surface area contributed by atoms with Gasteiger partial charge in [0.25, 0.3) is 0 Å². The molecule has 2 heterocycles. The van der Waals surface area contributed by atoms with Crippen LogP contribution in [0.1, 0.15) is 41.6 Å². The van der Waals surface area contributed by atoms with E-state index in [1.165, 1.54) is 19.1 Å². The van der Waals surface area contributed by atoms with E-state index in [1.807, 2.05) is 12.1 Å². The first-order chi connectivity index (χ1) is 15.6. The van der Waals surface area contributed by atoms with Crippen LogP contribution in [-0.4, -0.2) is 40.7 Å². The van der Waals surface area contributed by atoms with Crippen molar-refractivity contribution in [3.63, 3.8) is 0 Å². The molecule has 2 aromatic rings. The van der Waals surface area contributed by atoms with Gasteiger partial charge in [-0.05, 0) is 79.0 Å². The molecule has 4 rings (SSSR count). The SMILES string of the molecule is Cc1cc(NC(=O)N2CC=C(c3ncc(CC4(CO)CC4)cc3Cl)CC2)ccc1C(F)(F)F. The molecule has 0 atom stereocenters. The number of benzene rings is 1. The molecule has 0 spiro atoms. The molecule has 2 amide bonds. The zero-order valence-corrected chi connectivity index (χ0v) is 18.9. The van der Waals surface area contributed by atoms with Crippen molar-refractivity contribution < 1.29 is 23.1 Å². The Hall–Kier alpha value is -2.58. The molecule has 176 valence electrons. The van der Waals surface area contributed by atoms with Crippen LogP contribution in [0.25, 0.3) is 5.57 Å². The standard InChI is InChI=1S/C24H25ClF3N3O2/c1-15-10-18(2-3-19(15)24(26,27)28)30-22(33)31-8-4-17(5-9-31)21-20(25)11-16(13-29-21)12-23(14-32)6-7-23/h2-4,10-11,13,32H,5-9,12,14H2,1H3,(H,30,33). The number of alkyl halides is 3. The van der Waals surface area contributed by atoms with E-state index in [0.717, 1.165) is 36.5 Å². The molecule has 1 aromatic carbocycles. The van der Waals surface area contributed by atoms with Gasteiger partial charge in [-0.3, -0.25) is 4.98 Å². The zero-order valence-electron chi connectivity index (χ0n) is 18.2. The molecule has 0 saturated heterocycles. The van der Waals surface area contributed by atoms with Crippen molar-refractivity contribution in [1.29, 1.82) is 0 Å². The summed E-state index contributed by atoms with van der Waals surface area (Å²) in [6, 6.07) is 5.07. The number of hydrogen-bond donors (Lipinski definition) is 2. The molecular weight excluding hydrogens is 455 g/mol. The molecule has 1 fully saturated rings. The van der Waals surface area contributed by atoms with Gasteiger partial charge in [-0.1, -0.05) is 17.7 Å². The fourth-order valence-corrected chi connectivity index (χ4v) is 4.45. The maximum atomic E-state index is 12.9. The summed E-state index contributed by atoms with van der Waals surface area (Å²) in [7, 11) is 0. The molecule has 2 aliphatic rings. The number of carbonyl (C=O) groups excluding carboxylic acids is 1. The molecule has 0 bridgehead atoms. The highest BCUT2D eigenvalue weighted by atomic mass is 35.5. The van der Waals surface area contributed by atoms with E-state index in [4.69, 9.17) is 11.6 Å². The average molecular weight is 480 g/mol. The Kier molecular flexibility index (Phi) is 6.42. The van der Waals surface area contributed by atoms with Crippen molar-refractivity contribution in [3.8, 4) is 0 Å². The van der Waals surface area contributed by atoms with Crippen LogP contribution in [0.4, 0.5) is 23.7 Å². The van der Waals surface area contributed by atoms with Crippen LogP contribution in [0, 0.1) is 12.3 Å². The number of aliphatic hydroxyl groups is 1. The van der Waals surface area contributed by atoms with Gasteiger partial charge in [0.15, 0.2) is 0 Å². The zero-order chi connectivity index (χ0) is 23.8. The predicted molar refractivity (Wildman–Crippen MR) is 121 cm³/mol. The smallest absolute Gasteiger partial charge is 0.396 e. The number of nitrogens with zero attached hydrogens (tertiary/aromatic N) is 2. The first-order valence-corrected chi connectivity index (χ1v) is 11.2. The van der Waals surface area contributed by atoms with Gasteiger partial charge in [0, 0.05) is 31.6 Å². The minimum atomic E-state index is -4.42. The topological polar surface area (TPSA) is 65.5 Å². The summed E-state index contributed by atoms with van der Waals surface area (Å²) in [6.45, 7) is 2.31. The van der Waals surface area contributed by atoms with E-state index in [9.17, 15) is 23.1 Å². The third kappa shape index (κ3) is 5.33. The minimum Gasteiger partial charge on any atom is -0.396 e. The molecule has 0 unspecified atom stereocenters. The first-order valence-electron chi connectivity index (χ1n) is 10.8. The maximum Gasteiger partial charge on any atom is 0.416 e. The Morgan fingerprint density at radius 2 is 2.06 bits per heavy atom. The molecule has 1 aliphatic heterocycles. The quantitative estimate of drug-likeness (QED) is 0.578. The lowest BCUT2D eigenvalue weighted by Crippen LogP contribution is -2.38. The highest BCUT2D eigenvalue weighted by Gasteiger charge is 2.42. The van der Waals surface area contributed by atoms with Crippen molar-refractivity contribution >= 4 is 28.9 Å². The maximum absolute atomic E-state index is 12.9. The van der Waals surface area contributed by atoms with E-state index < -0.39 is 11.7 Å². The number of hydrogen-bond acceptors (Lipinski definition) is 3. The molecule has 1 aliphatic carbocycles. The molecule has 1 saturated carbocycles. The van der Waals surface area contributed by atoms with Crippen molar-refractivity contribution in [1.82, 2.24) is 9.88 Å². The summed E-state index contributed by atoms with van der Waals surface area (Å²) in [5, 5.41) is 12.7. The summed E-state index contributed by atoms with van der Waals surface area (Å²) in [5.74, 6) is 0. The number of aliphatic hydroxyl groups excluding tert-OH is 1. The summed E-state index contributed by atoms with van der Waals surface area (Å²) < 4.78 is 38.8. The van der Waals surface area contributed by atoms with Crippen LogP contribution in [0.5, 0.6) is 0 Å². The number of carbonyl (C=O) groups is 1. The summed E-state index contributed by atoms with van der Waals surface area (Å²) in [5.41, 5.74) is 2.27. The van der Waals surface area contributed by atoms with Crippen LogP contribution < -0.4 is 5.32 Å². The van der Waals surface area contributed by atoms with Crippen molar-refractivity contribution in [2.45, 2.75) is 38.8 Å². The molecule has 9 heteroatoms. The second-order valence-corrected chi connectivity index (χ2v) is 9.30. The van der Waals surface area contributed by atoms with E-state index in [1.54, 1.807) is 11.1 Å². The van der Waals surface area contributed by atoms with Crippen LogP contribution >= 0.6 is 11.6 Å². The molecule has 2 N–H and O–H groups in total. The van der Waals surface area contributed by atoms with Gasteiger partial charge in [0.05, 0.1) is 16.3 Å². The summed E-state index contributed by atoms with van der Waals surface area (Å²) in [6.07, 6.45) is 2.61. The van der Waals surface area contributed by atoms with Crippen molar-refractivity contribution in [2.24, 2.45) is 5.41 Å². The van der Waals surface area contributed by atoms with Crippen LogP contribution in [0.2, 0.25) is 5.02 Å². The third-order valence-corrected chi connectivity index (χ3v) is 6.64. The number of aryl methyl sites for hydroxylation is 1. The second kappa shape index (κ2) is 8.99. The monoisotopic (exact) mass is 479 g/mol. The highest BCUT2D eigenvalue weighted by molar-refractivity contribution is 6.32. The fraction of sp³-hybridized carbons (Fsp3) is 0.417. The van der Waals surface area contributed by atoms with E-state index in [2.05, 4.69) is 10.3 Å². The molecule has 1 aromatic heterocycles.